The van der Waals surface area contributed by atoms with Crippen molar-refractivity contribution in [2.24, 2.45) is 5.73 Å². The summed E-state index contributed by atoms with van der Waals surface area (Å²) in [7, 11) is 2.09. The van der Waals surface area contributed by atoms with E-state index in [-0.39, 0.29) is 6.04 Å². The summed E-state index contributed by atoms with van der Waals surface area (Å²) in [5.74, 6) is 0. The lowest BCUT2D eigenvalue weighted by molar-refractivity contribution is 0.237. The Kier molecular flexibility index (Phi) is 4.66. The van der Waals surface area contributed by atoms with Crippen LogP contribution in [0.25, 0.3) is 0 Å². The Bertz CT molecular complexity index is 510. The van der Waals surface area contributed by atoms with Crippen LogP contribution in [0.4, 0.5) is 0 Å². The largest absolute Gasteiger partial charge is 0.329 e. The fourth-order valence-electron chi connectivity index (χ4n) is 2.31. The standard InChI is InChI=1S/C16H21N3/c1-13-6-5-7-14(10-13)12-19(2)16(11-17)15-8-3-4-9-18-15/h3-10,16H,11-12,17H2,1-2H3. The van der Waals surface area contributed by atoms with Crippen LogP contribution in [0.2, 0.25) is 0 Å². The van der Waals surface area contributed by atoms with E-state index in [9.17, 15) is 0 Å². The Labute approximate surface area is 115 Å². The lowest BCUT2D eigenvalue weighted by Gasteiger charge is -2.26. The summed E-state index contributed by atoms with van der Waals surface area (Å²) in [5.41, 5.74) is 9.52. The molecule has 100 valence electrons. The van der Waals surface area contributed by atoms with Crippen molar-refractivity contribution in [1.29, 1.82) is 0 Å². The van der Waals surface area contributed by atoms with Gasteiger partial charge in [0.1, 0.15) is 0 Å². The molecule has 2 rings (SSSR count). The summed E-state index contributed by atoms with van der Waals surface area (Å²) in [6, 6.07) is 14.7. The van der Waals surface area contributed by atoms with E-state index in [4.69, 9.17) is 5.73 Å². The maximum Gasteiger partial charge on any atom is 0.0644 e. The first kappa shape index (κ1) is 13.7. The molecule has 1 aromatic heterocycles. The number of nitrogens with two attached hydrogens (primary N) is 1. The minimum atomic E-state index is 0.154. The highest BCUT2D eigenvalue weighted by Crippen LogP contribution is 2.18. The van der Waals surface area contributed by atoms with E-state index in [1.165, 1.54) is 11.1 Å². The molecule has 2 aromatic rings. The smallest absolute Gasteiger partial charge is 0.0644 e. The number of aromatic nitrogens is 1. The van der Waals surface area contributed by atoms with Crippen LogP contribution >= 0.6 is 0 Å². The first-order valence-electron chi connectivity index (χ1n) is 6.57. The summed E-state index contributed by atoms with van der Waals surface area (Å²) in [5, 5.41) is 0. The fraction of sp³-hybridized carbons (Fsp3) is 0.312. The minimum Gasteiger partial charge on any atom is -0.329 e. The predicted octanol–water partition coefficient (Wildman–Crippen LogP) is 2.52. The van der Waals surface area contributed by atoms with Gasteiger partial charge < -0.3 is 5.73 Å². The molecule has 0 spiro atoms. The van der Waals surface area contributed by atoms with Gasteiger partial charge in [-0.25, -0.2) is 0 Å². The first-order valence-corrected chi connectivity index (χ1v) is 6.57. The zero-order valence-corrected chi connectivity index (χ0v) is 11.6. The molecule has 0 fully saturated rings. The van der Waals surface area contributed by atoms with Crippen LogP contribution in [0.1, 0.15) is 22.9 Å². The topological polar surface area (TPSA) is 42.1 Å². The number of nitrogens with zero attached hydrogens (tertiary/aromatic N) is 2. The van der Waals surface area contributed by atoms with Crippen molar-refractivity contribution < 1.29 is 0 Å². The Hall–Kier alpha value is -1.71. The van der Waals surface area contributed by atoms with Gasteiger partial charge in [-0.2, -0.15) is 0 Å². The van der Waals surface area contributed by atoms with Gasteiger partial charge in [-0.15, -0.1) is 0 Å². The zero-order valence-electron chi connectivity index (χ0n) is 11.6. The average molecular weight is 255 g/mol. The van der Waals surface area contributed by atoms with Crippen molar-refractivity contribution in [1.82, 2.24) is 9.88 Å². The molecule has 2 N–H and O–H groups in total. The van der Waals surface area contributed by atoms with Crippen molar-refractivity contribution in [2.75, 3.05) is 13.6 Å². The van der Waals surface area contributed by atoms with Crippen molar-refractivity contribution >= 4 is 0 Å². The number of aryl methyl sites for hydroxylation is 1. The molecule has 0 aliphatic rings. The normalized spacial score (nSPS) is 12.6. The highest BCUT2D eigenvalue weighted by atomic mass is 15.1. The fourth-order valence-corrected chi connectivity index (χ4v) is 2.31. The van der Waals surface area contributed by atoms with Gasteiger partial charge in [-0.3, -0.25) is 9.88 Å². The summed E-state index contributed by atoms with van der Waals surface area (Å²) < 4.78 is 0. The Balaban J connectivity index is 2.11. The lowest BCUT2D eigenvalue weighted by atomic mass is 10.1. The Morgan fingerprint density at radius 1 is 1.21 bits per heavy atom. The van der Waals surface area contributed by atoms with E-state index < -0.39 is 0 Å². The molecule has 0 bridgehead atoms. The average Bonchev–Trinajstić information content (AvgIpc) is 2.41. The van der Waals surface area contributed by atoms with E-state index in [0.29, 0.717) is 6.54 Å². The second-order valence-corrected chi connectivity index (χ2v) is 4.91. The number of pyridine rings is 1. The van der Waals surface area contributed by atoms with E-state index in [1.807, 2.05) is 24.4 Å². The summed E-state index contributed by atoms with van der Waals surface area (Å²) >= 11 is 0. The molecule has 1 unspecified atom stereocenters. The van der Waals surface area contributed by atoms with Gasteiger partial charge in [0.25, 0.3) is 0 Å². The third kappa shape index (κ3) is 3.63. The van der Waals surface area contributed by atoms with Crippen molar-refractivity contribution in [3.8, 4) is 0 Å². The minimum absolute atomic E-state index is 0.154. The van der Waals surface area contributed by atoms with Crippen molar-refractivity contribution in [3.63, 3.8) is 0 Å². The van der Waals surface area contributed by atoms with Crippen LogP contribution < -0.4 is 5.73 Å². The maximum atomic E-state index is 5.91. The molecule has 1 aromatic carbocycles. The third-order valence-corrected chi connectivity index (χ3v) is 3.30. The summed E-state index contributed by atoms with van der Waals surface area (Å²) in [6.07, 6.45) is 1.82. The van der Waals surface area contributed by atoms with Crippen molar-refractivity contribution in [3.05, 3.63) is 65.5 Å². The van der Waals surface area contributed by atoms with Crippen LogP contribution in [0.15, 0.2) is 48.7 Å². The molecule has 0 aliphatic carbocycles. The van der Waals surface area contributed by atoms with Gasteiger partial charge in [-0.05, 0) is 31.7 Å². The summed E-state index contributed by atoms with van der Waals surface area (Å²) in [6.45, 7) is 3.56. The molecule has 0 aliphatic heterocycles. The van der Waals surface area contributed by atoms with Gasteiger partial charge in [0.2, 0.25) is 0 Å². The van der Waals surface area contributed by atoms with Crippen LogP contribution in [0, 0.1) is 6.92 Å². The molecule has 1 atom stereocenters. The van der Waals surface area contributed by atoms with Gasteiger partial charge in [0.15, 0.2) is 0 Å². The number of likely N-dealkylation sites (N-methyl/N-ethyl adjacent to an activating group) is 1. The predicted molar refractivity (Wildman–Crippen MR) is 78.7 cm³/mol. The van der Waals surface area contributed by atoms with E-state index in [2.05, 4.69) is 48.1 Å². The number of hydrogen-bond acceptors (Lipinski definition) is 3. The third-order valence-electron chi connectivity index (χ3n) is 3.30. The molecular weight excluding hydrogens is 234 g/mol. The second kappa shape index (κ2) is 6.45. The second-order valence-electron chi connectivity index (χ2n) is 4.91. The zero-order chi connectivity index (χ0) is 13.7. The van der Waals surface area contributed by atoms with Gasteiger partial charge in [-0.1, -0.05) is 35.9 Å². The highest BCUT2D eigenvalue weighted by molar-refractivity contribution is 5.22. The van der Waals surface area contributed by atoms with Gasteiger partial charge >= 0.3 is 0 Å². The van der Waals surface area contributed by atoms with Gasteiger partial charge in [0, 0.05) is 19.3 Å². The van der Waals surface area contributed by atoms with Crippen LogP contribution in [0.3, 0.4) is 0 Å². The molecule has 0 saturated carbocycles. The lowest BCUT2D eigenvalue weighted by Crippen LogP contribution is -2.30. The monoisotopic (exact) mass is 255 g/mol. The first-order chi connectivity index (χ1) is 9.20. The van der Waals surface area contributed by atoms with E-state index >= 15 is 0 Å². The summed E-state index contributed by atoms with van der Waals surface area (Å²) in [4.78, 5) is 6.66. The maximum absolute atomic E-state index is 5.91. The Morgan fingerprint density at radius 3 is 2.68 bits per heavy atom. The number of hydrogen-bond donors (Lipinski definition) is 1. The van der Waals surface area contributed by atoms with Crippen LogP contribution in [0.5, 0.6) is 0 Å². The molecule has 0 saturated heterocycles. The van der Waals surface area contributed by atoms with Crippen LogP contribution in [-0.2, 0) is 6.54 Å². The molecule has 19 heavy (non-hydrogen) atoms. The Morgan fingerprint density at radius 2 is 2.05 bits per heavy atom. The van der Waals surface area contributed by atoms with Crippen LogP contribution in [-0.4, -0.2) is 23.5 Å². The highest BCUT2D eigenvalue weighted by Gasteiger charge is 2.16. The van der Waals surface area contributed by atoms with Crippen molar-refractivity contribution in [2.45, 2.75) is 19.5 Å². The van der Waals surface area contributed by atoms with E-state index in [1.54, 1.807) is 0 Å². The molecule has 0 amide bonds. The molecule has 0 radical (unpaired) electrons. The molecule has 1 heterocycles. The quantitative estimate of drug-likeness (QED) is 0.892. The SMILES string of the molecule is Cc1cccc(CN(C)C(CN)c2ccccn2)c1. The van der Waals surface area contributed by atoms with Gasteiger partial charge in [0.05, 0.1) is 11.7 Å². The molecule has 3 heteroatoms. The molecular formula is C16H21N3. The van der Waals surface area contributed by atoms with E-state index in [0.717, 1.165) is 12.2 Å². The number of benzene rings is 1. The number of rotatable bonds is 5. The molecule has 3 nitrogen and oxygen atoms in total.